The average molecular weight is 264 g/mol. The molecule has 0 bridgehead atoms. The summed E-state index contributed by atoms with van der Waals surface area (Å²) in [6.45, 7) is 2.71. The molecule has 2 aromatic carbocycles. The minimum atomic E-state index is -0.201. The Kier molecular flexibility index (Phi) is 4.34. The lowest BCUT2D eigenvalue weighted by Crippen LogP contribution is -2.18. The Bertz CT molecular complexity index is 510. The highest BCUT2D eigenvalue weighted by Crippen LogP contribution is 2.16. The highest BCUT2D eigenvalue weighted by molar-refractivity contribution is 6.30. The van der Waals surface area contributed by atoms with Gasteiger partial charge in [0, 0.05) is 17.6 Å². The van der Waals surface area contributed by atoms with Crippen molar-refractivity contribution in [2.24, 2.45) is 0 Å². The van der Waals surface area contributed by atoms with E-state index in [4.69, 9.17) is 11.6 Å². The number of rotatable bonds is 4. The van der Waals surface area contributed by atoms with E-state index >= 15 is 0 Å². The molecule has 0 saturated heterocycles. The minimum Gasteiger partial charge on any atom is -0.306 e. The molecule has 0 amide bonds. The van der Waals surface area contributed by atoms with Crippen LogP contribution >= 0.6 is 11.6 Å². The van der Waals surface area contributed by atoms with Crippen LogP contribution in [-0.2, 0) is 6.54 Å². The summed E-state index contributed by atoms with van der Waals surface area (Å²) in [4.78, 5) is 0. The van der Waals surface area contributed by atoms with Gasteiger partial charge < -0.3 is 5.32 Å². The molecular weight excluding hydrogens is 249 g/mol. The van der Waals surface area contributed by atoms with Crippen LogP contribution in [0.4, 0.5) is 4.39 Å². The van der Waals surface area contributed by atoms with E-state index in [-0.39, 0.29) is 11.9 Å². The van der Waals surface area contributed by atoms with Gasteiger partial charge >= 0.3 is 0 Å². The van der Waals surface area contributed by atoms with Gasteiger partial charge in [0.05, 0.1) is 0 Å². The molecule has 0 fully saturated rings. The van der Waals surface area contributed by atoms with Gasteiger partial charge in [0.25, 0.3) is 0 Å². The first-order valence-electron chi connectivity index (χ1n) is 5.88. The molecule has 0 radical (unpaired) electrons. The number of benzene rings is 2. The van der Waals surface area contributed by atoms with Gasteiger partial charge in [0.15, 0.2) is 0 Å². The third-order valence-electron chi connectivity index (χ3n) is 2.87. The van der Waals surface area contributed by atoms with E-state index in [1.165, 1.54) is 6.07 Å². The van der Waals surface area contributed by atoms with Crippen LogP contribution in [0.2, 0.25) is 5.02 Å². The average Bonchev–Trinajstić information content (AvgIpc) is 2.37. The zero-order valence-corrected chi connectivity index (χ0v) is 10.9. The Balaban J connectivity index is 1.96. The summed E-state index contributed by atoms with van der Waals surface area (Å²) in [7, 11) is 0. The lowest BCUT2D eigenvalue weighted by molar-refractivity contribution is 0.569. The van der Waals surface area contributed by atoms with Crippen LogP contribution in [0.5, 0.6) is 0 Å². The lowest BCUT2D eigenvalue weighted by Gasteiger charge is -2.14. The predicted molar refractivity (Wildman–Crippen MR) is 73.1 cm³/mol. The normalized spacial score (nSPS) is 12.4. The Labute approximate surface area is 112 Å². The topological polar surface area (TPSA) is 12.0 Å². The van der Waals surface area contributed by atoms with Crippen molar-refractivity contribution in [2.75, 3.05) is 0 Å². The second-order valence-corrected chi connectivity index (χ2v) is 4.72. The van der Waals surface area contributed by atoms with Gasteiger partial charge in [0.1, 0.15) is 5.82 Å². The molecule has 0 saturated carbocycles. The number of halogens is 2. The first-order valence-corrected chi connectivity index (χ1v) is 6.26. The number of hydrogen-bond acceptors (Lipinski definition) is 1. The van der Waals surface area contributed by atoms with Crippen molar-refractivity contribution in [2.45, 2.75) is 19.5 Å². The molecule has 0 aliphatic carbocycles. The van der Waals surface area contributed by atoms with Gasteiger partial charge in [-0.1, -0.05) is 35.9 Å². The van der Waals surface area contributed by atoms with Gasteiger partial charge in [-0.05, 0) is 42.3 Å². The molecule has 0 spiro atoms. The fraction of sp³-hybridized carbons (Fsp3) is 0.200. The lowest BCUT2D eigenvalue weighted by atomic mass is 10.1. The van der Waals surface area contributed by atoms with Crippen LogP contribution in [0.3, 0.4) is 0 Å². The molecule has 0 aliphatic rings. The zero-order valence-electron chi connectivity index (χ0n) is 10.2. The molecule has 2 aromatic rings. The van der Waals surface area contributed by atoms with Gasteiger partial charge in [-0.2, -0.15) is 0 Å². The highest BCUT2D eigenvalue weighted by atomic mass is 35.5. The fourth-order valence-corrected chi connectivity index (χ4v) is 1.91. The van der Waals surface area contributed by atoms with Gasteiger partial charge in [0.2, 0.25) is 0 Å². The van der Waals surface area contributed by atoms with Crippen LogP contribution in [0.1, 0.15) is 24.1 Å². The van der Waals surface area contributed by atoms with E-state index in [2.05, 4.69) is 12.2 Å². The minimum absolute atomic E-state index is 0.200. The molecule has 2 rings (SSSR count). The SMILES string of the molecule is C[C@H](NCc1cccc(F)c1)c1ccc(Cl)cc1. The van der Waals surface area contributed by atoms with E-state index in [1.54, 1.807) is 12.1 Å². The molecule has 3 heteroatoms. The standard InChI is InChI=1S/C15H15ClFN/c1-11(13-5-7-14(16)8-6-13)18-10-12-3-2-4-15(17)9-12/h2-9,11,18H,10H2,1H3/t11-/m0/s1. The van der Waals surface area contributed by atoms with Crippen molar-refractivity contribution in [3.8, 4) is 0 Å². The van der Waals surface area contributed by atoms with Crippen LogP contribution in [-0.4, -0.2) is 0 Å². The van der Waals surface area contributed by atoms with E-state index in [9.17, 15) is 4.39 Å². The van der Waals surface area contributed by atoms with Crippen LogP contribution in [0, 0.1) is 5.82 Å². The molecule has 94 valence electrons. The molecule has 0 aromatic heterocycles. The Hall–Kier alpha value is -1.38. The molecule has 0 aliphatic heterocycles. The van der Waals surface area contributed by atoms with E-state index in [1.807, 2.05) is 30.3 Å². The monoisotopic (exact) mass is 263 g/mol. The first kappa shape index (κ1) is 13.1. The second kappa shape index (κ2) is 5.98. The summed E-state index contributed by atoms with van der Waals surface area (Å²) in [5.74, 6) is -0.201. The largest absolute Gasteiger partial charge is 0.306 e. The van der Waals surface area contributed by atoms with Crippen molar-refractivity contribution in [1.82, 2.24) is 5.32 Å². The molecule has 0 unspecified atom stereocenters. The van der Waals surface area contributed by atoms with E-state index in [0.717, 1.165) is 16.1 Å². The molecule has 0 heterocycles. The molecule has 1 nitrogen and oxygen atoms in total. The van der Waals surface area contributed by atoms with Crippen LogP contribution in [0.25, 0.3) is 0 Å². The second-order valence-electron chi connectivity index (χ2n) is 4.28. The number of hydrogen-bond donors (Lipinski definition) is 1. The van der Waals surface area contributed by atoms with Crippen LogP contribution < -0.4 is 5.32 Å². The van der Waals surface area contributed by atoms with E-state index < -0.39 is 0 Å². The summed E-state index contributed by atoms with van der Waals surface area (Å²) in [5.41, 5.74) is 2.10. The smallest absolute Gasteiger partial charge is 0.123 e. The molecule has 1 N–H and O–H groups in total. The van der Waals surface area contributed by atoms with Crippen LogP contribution in [0.15, 0.2) is 48.5 Å². The quantitative estimate of drug-likeness (QED) is 0.866. The van der Waals surface area contributed by atoms with Crippen molar-refractivity contribution in [3.63, 3.8) is 0 Å². The zero-order chi connectivity index (χ0) is 13.0. The Morgan fingerprint density at radius 1 is 1.17 bits per heavy atom. The molecular formula is C15H15ClFN. The van der Waals surface area contributed by atoms with Crippen molar-refractivity contribution < 1.29 is 4.39 Å². The summed E-state index contributed by atoms with van der Waals surface area (Å²) in [5, 5.41) is 4.08. The van der Waals surface area contributed by atoms with Gasteiger partial charge in [-0.15, -0.1) is 0 Å². The van der Waals surface area contributed by atoms with Crippen molar-refractivity contribution in [1.29, 1.82) is 0 Å². The van der Waals surface area contributed by atoms with Gasteiger partial charge in [-0.25, -0.2) is 4.39 Å². The third kappa shape index (κ3) is 3.56. The molecule has 18 heavy (non-hydrogen) atoms. The summed E-state index contributed by atoms with van der Waals surface area (Å²) < 4.78 is 13.0. The van der Waals surface area contributed by atoms with Crippen molar-refractivity contribution in [3.05, 3.63) is 70.5 Å². The maximum atomic E-state index is 13.0. The predicted octanol–water partition coefficient (Wildman–Crippen LogP) is 4.33. The van der Waals surface area contributed by atoms with Gasteiger partial charge in [-0.3, -0.25) is 0 Å². The third-order valence-corrected chi connectivity index (χ3v) is 3.12. The van der Waals surface area contributed by atoms with Crippen molar-refractivity contribution >= 4 is 11.6 Å². The highest BCUT2D eigenvalue weighted by Gasteiger charge is 2.04. The Morgan fingerprint density at radius 2 is 1.89 bits per heavy atom. The Morgan fingerprint density at radius 3 is 2.56 bits per heavy atom. The number of nitrogens with one attached hydrogen (secondary N) is 1. The first-order chi connectivity index (χ1) is 8.65. The maximum absolute atomic E-state index is 13.0. The summed E-state index contributed by atoms with van der Waals surface area (Å²) in [6.07, 6.45) is 0. The summed E-state index contributed by atoms with van der Waals surface area (Å²) in [6, 6.07) is 14.6. The molecule has 1 atom stereocenters. The maximum Gasteiger partial charge on any atom is 0.123 e. The fourth-order valence-electron chi connectivity index (χ4n) is 1.79. The van der Waals surface area contributed by atoms with E-state index in [0.29, 0.717) is 6.54 Å². The summed E-state index contributed by atoms with van der Waals surface area (Å²) >= 11 is 5.84.